The van der Waals surface area contributed by atoms with Gasteiger partial charge in [0.25, 0.3) is 0 Å². The lowest BCUT2D eigenvalue weighted by Gasteiger charge is -2.26. The van der Waals surface area contributed by atoms with E-state index in [9.17, 15) is 5.26 Å². The number of hydrogen-bond acceptors (Lipinski definition) is 4. The molecule has 0 atom stereocenters. The third-order valence-electron chi connectivity index (χ3n) is 12.1. The molecule has 0 spiro atoms. The summed E-state index contributed by atoms with van der Waals surface area (Å²) in [6.45, 7) is 14.7. The summed E-state index contributed by atoms with van der Waals surface area (Å²) >= 11 is 0. The predicted molar refractivity (Wildman–Crippen MR) is 278 cm³/mol. The van der Waals surface area contributed by atoms with Crippen molar-refractivity contribution < 1.29 is 4.74 Å². The fourth-order valence-electron chi connectivity index (χ4n) is 8.44. The van der Waals surface area contributed by atoms with Gasteiger partial charge in [-0.1, -0.05) is 133 Å². The van der Waals surface area contributed by atoms with Gasteiger partial charge in [-0.15, -0.1) is 0 Å². The Balaban J connectivity index is 0.967. The van der Waals surface area contributed by atoms with Gasteiger partial charge < -0.3 is 14.5 Å². The average molecular weight is 853 g/mol. The molecule has 5 heteroatoms. The number of benzene rings is 9. The second-order valence-electron chi connectivity index (χ2n) is 16.5. The third-order valence-corrected chi connectivity index (χ3v) is 12.1. The van der Waals surface area contributed by atoms with Crippen LogP contribution in [0.1, 0.15) is 51.4 Å². The Morgan fingerprint density at radius 3 is 1.29 bits per heavy atom. The van der Waals surface area contributed by atoms with Crippen LogP contribution in [0, 0.1) is 31.8 Å². The Kier molecular flexibility index (Phi) is 12.3. The maximum Gasteiger partial charge on any atom is 0.202 e. The molecular weight excluding hydrogens is 805 g/mol. The number of anilines is 6. The molecule has 0 saturated carbocycles. The Morgan fingerprint density at radius 2 is 0.864 bits per heavy atom. The van der Waals surface area contributed by atoms with E-state index < -0.39 is 0 Å². The van der Waals surface area contributed by atoms with Crippen molar-refractivity contribution in [3.63, 3.8) is 0 Å². The minimum atomic E-state index is 0.544. The van der Waals surface area contributed by atoms with E-state index in [1.807, 2.05) is 48.5 Å². The van der Waals surface area contributed by atoms with Crippen LogP contribution in [0.15, 0.2) is 182 Å². The number of nitriles is 1. The molecule has 5 nitrogen and oxygen atoms in total. The normalized spacial score (nSPS) is 11.2. The summed E-state index contributed by atoms with van der Waals surface area (Å²) in [6, 6.07) is 65.5. The van der Waals surface area contributed by atoms with Crippen molar-refractivity contribution in [3.05, 3.63) is 238 Å². The Hall–Kier alpha value is -8.64. The minimum Gasteiger partial charge on any atom is -0.497 e. The highest BCUT2D eigenvalue weighted by atomic mass is 16.5. The Bertz CT molecular complexity index is 3220. The highest BCUT2D eigenvalue weighted by Gasteiger charge is 2.17. The highest BCUT2D eigenvalue weighted by molar-refractivity contribution is 6.16. The van der Waals surface area contributed by atoms with Gasteiger partial charge in [-0.05, 0) is 161 Å². The molecule has 0 N–H and O–H groups in total. The Labute approximate surface area is 387 Å². The molecule has 9 aromatic carbocycles. The molecule has 0 unspecified atom stereocenters. The molecule has 0 aliphatic heterocycles. The zero-order valence-electron chi connectivity index (χ0n) is 37.5. The number of aryl methyl sites for hydroxylation is 3. The number of hydrogen-bond donors (Lipinski definition) is 0. The van der Waals surface area contributed by atoms with Crippen LogP contribution in [0.25, 0.3) is 50.7 Å². The van der Waals surface area contributed by atoms with Gasteiger partial charge in [-0.2, -0.15) is 5.26 Å². The van der Waals surface area contributed by atoms with E-state index in [2.05, 4.69) is 199 Å². The van der Waals surface area contributed by atoms with Crippen LogP contribution in [0.4, 0.5) is 39.8 Å². The molecule has 66 heavy (non-hydrogen) atoms. The number of ether oxygens (including phenoxy) is 1. The standard InChI is InChI=1S/C61H48N4O/c1-6-44-15-27-51(28-16-44)65(54-33-35-55(66-5)36-34-54)53-31-19-45(20-32-53)11-13-47-22-38-57-58(39-47)60(41-62)56-37-21-48(40-59(56)61(57)63-4)14-12-46-17-29-52(30-18-46)64(49-23-7-42(2)8-24-49)50-25-9-43(3)10-26-50/h7-40H,6H2,1-3,5H3/b13-11+,14-12+. The maximum atomic E-state index is 10.6. The third kappa shape index (κ3) is 8.93. The summed E-state index contributed by atoms with van der Waals surface area (Å²) < 4.78 is 5.43. The van der Waals surface area contributed by atoms with Gasteiger partial charge in [0.1, 0.15) is 11.8 Å². The van der Waals surface area contributed by atoms with Gasteiger partial charge in [0.05, 0.1) is 19.2 Å². The monoisotopic (exact) mass is 852 g/mol. The summed E-state index contributed by atoms with van der Waals surface area (Å²) in [5.41, 5.74) is 15.2. The van der Waals surface area contributed by atoms with Crippen molar-refractivity contribution in [1.82, 2.24) is 0 Å². The first kappa shape index (κ1) is 42.7. The summed E-state index contributed by atoms with van der Waals surface area (Å²) in [5.74, 6) is 0.812. The second-order valence-corrected chi connectivity index (χ2v) is 16.5. The van der Waals surface area contributed by atoms with Crippen LogP contribution < -0.4 is 14.5 Å². The molecule has 0 heterocycles. The predicted octanol–water partition coefficient (Wildman–Crippen LogP) is 16.9. The molecule has 9 aromatic rings. The molecule has 0 saturated heterocycles. The zero-order valence-corrected chi connectivity index (χ0v) is 37.5. The van der Waals surface area contributed by atoms with Crippen LogP contribution >= 0.6 is 0 Å². The molecule has 0 amide bonds. The number of methoxy groups -OCH3 is 1. The highest BCUT2D eigenvalue weighted by Crippen LogP contribution is 2.41. The summed E-state index contributed by atoms with van der Waals surface area (Å²) in [6.07, 6.45) is 9.28. The topological polar surface area (TPSA) is 43.9 Å². The smallest absolute Gasteiger partial charge is 0.202 e. The van der Waals surface area contributed by atoms with Crippen LogP contribution in [-0.4, -0.2) is 7.11 Å². The fourth-order valence-corrected chi connectivity index (χ4v) is 8.44. The zero-order chi connectivity index (χ0) is 45.6. The van der Waals surface area contributed by atoms with Gasteiger partial charge >= 0.3 is 0 Å². The molecule has 0 aliphatic rings. The molecule has 318 valence electrons. The van der Waals surface area contributed by atoms with E-state index in [4.69, 9.17) is 11.3 Å². The van der Waals surface area contributed by atoms with E-state index in [-0.39, 0.29) is 0 Å². The van der Waals surface area contributed by atoms with Gasteiger partial charge in [0.15, 0.2) is 0 Å². The molecule has 0 bridgehead atoms. The number of fused-ring (bicyclic) bond motifs is 2. The van der Waals surface area contributed by atoms with E-state index in [1.165, 1.54) is 16.7 Å². The second kappa shape index (κ2) is 19.0. The number of nitrogens with zero attached hydrogens (tertiary/aromatic N) is 4. The van der Waals surface area contributed by atoms with E-state index in [0.717, 1.165) is 90.1 Å². The van der Waals surface area contributed by atoms with E-state index in [1.54, 1.807) is 7.11 Å². The minimum absolute atomic E-state index is 0.544. The summed E-state index contributed by atoms with van der Waals surface area (Å²) in [4.78, 5) is 8.54. The molecule has 0 aromatic heterocycles. The Morgan fingerprint density at radius 1 is 0.485 bits per heavy atom. The lowest BCUT2D eigenvalue weighted by atomic mass is 9.93. The molecule has 9 rings (SSSR count). The van der Waals surface area contributed by atoms with Crippen molar-refractivity contribution in [2.75, 3.05) is 16.9 Å². The largest absolute Gasteiger partial charge is 0.497 e. The number of rotatable bonds is 12. The molecular formula is C61H48N4O. The summed E-state index contributed by atoms with van der Waals surface area (Å²) in [5, 5.41) is 13.6. The van der Waals surface area contributed by atoms with E-state index >= 15 is 0 Å². The molecule has 0 fully saturated rings. The van der Waals surface area contributed by atoms with Gasteiger partial charge in [0, 0.05) is 34.1 Å². The van der Waals surface area contributed by atoms with Crippen LogP contribution in [0.2, 0.25) is 0 Å². The maximum absolute atomic E-state index is 10.6. The van der Waals surface area contributed by atoms with Crippen molar-refractivity contribution >= 4 is 85.7 Å². The molecule has 0 radical (unpaired) electrons. The first-order valence-electron chi connectivity index (χ1n) is 22.2. The van der Waals surface area contributed by atoms with Crippen molar-refractivity contribution in [2.45, 2.75) is 27.2 Å². The lowest BCUT2D eigenvalue weighted by molar-refractivity contribution is 0.415. The fraction of sp³-hybridized carbons (Fsp3) is 0.0820. The van der Waals surface area contributed by atoms with Gasteiger partial charge in [-0.25, -0.2) is 4.85 Å². The van der Waals surface area contributed by atoms with Crippen molar-refractivity contribution in [1.29, 1.82) is 5.26 Å². The quantitative estimate of drug-likeness (QED) is 0.0698. The SMILES string of the molecule is [C-]#[N+]c1c2ccc(/C=C/c3ccc(N(c4ccc(CC)cc4)c4ccc(OC)cc4)cc3)cc2c(C#N)c2ccc(/C=C/c3ccc(N(c4ccc(C)cc4)c4ccc(C)cc4)cc3)cc12. The first-order valence-corrected chi connectivity index (χ1v) is 22.2. The van der Waals surface area contributed by atoms with Crippen LogP contribution in [0.5, 0.6) is 5.75 Å². The van der Waals surface area contributed by atoms with Gasteiger partial charge in [-0.3, -0.25) is 0 Å². The average Bonchev–Trinajstić information content (AvgIpc) is 3.36. The summed E-state index contributed by atoms with van der Waals surface area (Å²) in [7, 11) is 1.68. The first-order chi connectivity index (χ1) is 32.3. The van der Waals surface area contributed by atoms with Crippen LogP contribution in [0.3, 0.4) is 0 Å². The van der Waals surface area contributed by atoms with Crippen molar-refractivity contribution in [2.24, 2.45) is 0 Å². The van der Waals surface area contributed by atoms with Crippen LogP contribution in [-0.2, 0) is 6.42 Å². The van der Waals surface area contributed by atoms with Gasteiger partial charge in [0.2, 0.25) is 5.69 Å². The van der Waals surface area contributed by atoms with Crippen molar-refractivity contribution in [3.8, 4) is 11.8 Å². The molecule has 0 aliphatic carbocycles. The van der Waals surface area contributed by atoms with E-state index in [0.29, 0.717) is 11.3 Å². The lowest BCUT2D eigenvalue weighted by Crippen LogP contribution is -2.09.